The van der Waals surface area contributed by atoms with Gasteiger partial charge in [-0.05, 0) is 64.7 Å². The van der Waals surface area contributed by atoms with Gasteiger partial charge in [0.25, 0.3) is 0 Å². The third-order valence-electron chi connectivity index (χ3n) is 5.14. The Morgan fingerprint density at radius 2 is 1.52 bits per heavy atom. The zero-order valence-electron chi connectivity index (χ0n) is 17.0. The molecule has 0 aliphatic carbocycles. The lowest BCUT2D eigenvalue weighted by Gasteiger charge is -2.30. The van der Waals surface area contributed by atoms with Gasteiger partial charge in [-0.25, -0.2) is 0 Å². The highest BCUT2D eigenvalue weighted by Gasteiger charge is 2.29. The third-order valence-corrected chi connectivity index (χ3v) is 5.14. The largest absolute Gasteiger partial charge is 0.392 e. The lowest BCUT2D eigenvalue weighted by molar-refractivity contribution is -0.0388. The molecule has 0 aliphatic heterocycles. The highest BCUT2D eigenvalue weighted by atomic mass is 16.5. The second-order valence-electron chi connectivity index (χ2n) is 8.10. The molecule has 144 valence electrons. The standard InChI is InChI=1S/C25H32O2/c1-21(26)25(4,19-16-22-12-7-5-8-13-22)18-11-17-24(2,3)27-20-23-14-9-6-10-15-23/h5-10,12-15,21,26H,11,17-18,20H2,1-4H3/t21-,25-/m0/s1. The van der Waals surface area contributed by atoms with Crippen LogP contribution < -0.4 is 0 Å². The molecule has 0 saturated carbocycles. The van der Waals surface area contributed by atoms with E-state index in [1.165, 1.54) is 5.56 Å². The molecule has 2 nitrogen and oxygen atoms in total. The summed E-state index contributed by atoms with van der Waals surface area (Å²) in [6.45, 7) is 8.76. The van der Waals surface area contributed by atoms with Crippen molar-refractivity contribution in [2.45, 2.75) is 65.3 Å². The molecule has 0 fully saturated rings. The Hall–Kier alpha value is -2.08. The van der Waals surface area contributed by atoms with Crippen LogP contribution in [-0.4, -0.2) is 16.8 Å². The van der Waals surface area contributed by atoms with Crippen molar-refractivity contribution in [3.05, 3.63) is 71.8 Å². The first kappa shape index (κ1) is 21.2. The molecule has 0 aromatic heterocycles. The van der Waals surface area contributed by atoms with Crippen LogP contribution in [0.3, 0.4) is 0 Å². The fourth-order valence-corrected chi connectivity index (χ4v) is 2.92. The molecule has 2 heteroatoms. The summed E-state index contributed by atoms with van der Waals surface area (Å²) in [6.07, 6.45) is 2.23. The van der Waals surface area contributed by atoms with Crippen molar-refractivity contribution in [3.8, 4) is 11.8 Å². The number of hydrogen-bond acceptors (Lipinski definition) is 2. The Bertz CT molecular complexity index is 738. The number of rotatable bonds is 8. The zero-order valence-corrected chi connectivity index (χ0v) is 17.0. The maximum atomic E-state index is 10.3. The van der Waals surface area contributed by atoms with Crippen LogP contribution in [0, 0.1) is 17.3 Å². The zero-order chi connectivity index (χ0) is 19.8. The van der Waals surface area contributed by atoms with Crippen LogP contribution in [0.15, 0.2) is 60.7 Å². The van der Waals surface area contributed by atoms with Crippen molar-refractivity contribution in [2.75, 3.05) is 0 Å². The lowest BCUT2D eigenvalue weighted by atomic mass is 9.79. The third kappa shape index (κ3) is 7.21. The van der Waals surface area contributed by atoms with E-state index in [1.54, 1.807) is 0 Å². The van der Waals surface area contributed by atoms with Crippen molar-refractivity contribution in [2.24, 2.45) is 5.41 Å². The van der Waals surface area contributed by atoms with Crippen LogP contribution >= 0.6 is 0 Å². The Morgan fingerprint density at radius 1 is 0.926 bits per heavy atom. The lowest BCUT2D eigenvalue weighted by Crippen LogP contribution is -2.30. The molecular formula is C25H32O2. The van der Waals surface area contributed by atoms with Gasteiger partial charge in [-0.3, -0.25) is 0 Å². The van der Waals surface area contributed by atoms with Crippen molar-refractivity contribution in [3.63, 3.8) is 0 Å². The predicted molar refractivity (Wildman–Crippen MR) is 112 cm³/mol. The van der Waals surface area contributed by atoms with E-state index in [-0.39, 0.29) is 5.60 Å². The average Bonchev–Trinajstić information content (AvgIpc) is 2.66. The molecule has 0 amide bonds. The molecule has 27 heavy (non-hydrogen) atoms. The summed E-state index contributed by atoms with van der Waals surface area (Å²) in [5.74, 6) is 6.53. The Balaban J connectivity index is 1.90. The van der Waals surface area contributed by atoms with Crippen molar-refractivity contribution < 1.29 is 9.84 Å². The molecule has 2 aromatic carbocycles. The highest BCUT2D eigenvalue weighted by molar-refractivity contribution is 5.35. The molecule has 0 aliphatic rings. The van der Waals surface area contributed by atoms with Gasteiger partial charge < -0.3 is 9.84 Å². The summed E-state index contributed by atoms with van der Waals surface area (Å²) < 4.78 is 6.12. The average molecular weight is 365 g/mol. The van der Waals surface area contributed by atoms with Gasteiger partial charge in [-0.15, -0.1) is 0 Å². The van der Waals surface area contributed by atoms with Crippen LogP contribution in [0.2, 0.25) is 0 Å². The van der Waals surface area contributed by atoms with E-state index in [0.717, 1.165) is 24.8 Å². The second kappa shape index (κ2) is 9.74. The molecule has 0 radical (unpaired) electrons. The Labute approximate surface area is 164 Å². The molecule has 0 spiro atoms. The maximum absolute atomic E-state index is 10.3. The van der Waals surface area contributed by atoms with Crippen LogP contribution in [0.4, 0.5) is 0 Å². The number of hydrogen-bond donors (Lipinski definition) is 1. The van der Waals surface area contributed by atoms with E-state index in [2.05, 4.69) is 37.8 Å². The van der Waals surface area contributed by atoms with Crippen LogP contribution in [0.25, 0.3) is 0 Å². The number of aliphatic hydroxyl groups is 1. The first-order valence-corrected chi connectivity index (χ1v) is 9.75. The minimum absolute atomic E-state index is 0.206. The molecular weight excluding hydrogens is 332 g/mol. The second-order valence-corrected chi connectivity index (χ2v) is 8.10. The summed E-state index contributed by atoms with van der Waals surface area (Å²) in [7, 11) is 0. The molecule has 2 aromatic rings. The molecule has 0 unspecified atom stereocenters. The van der Waals surface area contributed by atoms with Gasteiger partial charge >= 0.3 is 0 Å². The molecule has 0 saturated heterocycles. The van der Waals surface area contributed by atoms with Crippen molar-refractivity contribution in [1.82, 2.24) is 0 Å². The fourth-order valence-electron chi connectivity index (χ4n) is 2.92. The van der Waals surface area contributed by atoms with E-state index in [9.17, 15) is 5.11 Å². The summed E-state index contributed by atoms with van der Waals surface area (Å²) in [4.78, 5) is 0. The number of benzene rings is 2. The molecule has 2 atom stereocenters. The number of aliphatic hydroxyl groups excluding tert-OH is 1. The molecule has 2 rings (SSSR count). The van der Waals surface area contributed by atoms with E-state index >= 15 is 0 Å². The van der Waals surface area contributed by atoms with Gasteiger partial charge in [0.15, 0.2) is 0 Å². The Kier molecular flexibility index (Phi) is 7.66. The van der Waals surface area contributed by atoms with E-state index in [4.69, 9.17) is 4.74 Å². The first-order chi connectivity index (χ1) is 12.8. The molecule has 0 bridgehead atoms. The van der Waals surface area contributed by atoms with E-state index in [0.29, 0.717) is 6.61 Å². The minimum atomic E-state index is -0.484. The topological polar surface area (TPSA) is 29.5 Å². The van der Waals surface area contributed by atoms with Crippen molar-refractivity contribution >= 4 is 0 Å². The summed E-state index contributed by atoms with van der Waals surface area (Å²) >= 11 is 0. The monoisotopic (exact) mass is 364 g/mol. The van der Waals surface area contributed by atoms with Crippen LogP contribution in [0.1, 0.15) is 58.1 Å². The van der Waals surface area contributed by atoms with Gasteiger partial charge in [-0.2, -0.15) is 0 Å². The van der Waals surface area contributed by atoms with Gasteiger partial charge in [-0.1, -0.05) is 60.4 Å². The fraction of sp³-hybridized carbons (Fsp3) is 0.440. The summed E-state index contributed by atoms with van der Waals surface area (Å²) in [5.41, 5.74) is 1.54. The van der Waals surface area contributed by atoms with E-state index < -0.39 is 11.5 Å². The maximum Gasteiger partial charge on any atom is 0.0724 e. The minimum Gasteiger partial charge on any atom is -0.392 e. The van der Waals surface area contributed by atoms with E-state index in [1.807, 2.05) is 62.4 Å². The SMILES string of the molecule is C[C@H](O)[C@](C)(C#Cc1ccccc1)CCCC(C)(C)OCc1ccccc1. The quantitative estimate of drug-likeness (QED) is 0.619. The van der Waals surface area contributed by atoms with Crippen LogP contribution in [-0.2, 0) is 11.3 Å². The summed E-state index contributed by atoms with van der Waals surface area (Å²) in [5, 5.41) is 10.3. The first-order valence-electron chi connectivity index (χ1n) is 9.75. The molecule has 1 N–H and O–H groups in total. The number of ether oxygens (including phenoxy) is 1. The van der Waals surface area contributed by atoms with Crippen LogP contribution in [0.5, 0.6) is 0 Å². The Morgan fingerprint density at radius 3 is 2.11 bits per heavy atom. The smallest absolute Gasteiger partial charge is 0.0724 e. The van der Waals surface area contributed by atoms with Gasteiger partial charge in [0.1, 0.15) is 0 Å². The van der Waals surface area contributed by atoms with Gasteiger partial charge in [0.05, 0.1) is 23.7 Å². The van der Waals surface area contributed by atoms with Gasteiger partial charge in [0.2, 0.25) is 0 Å². The van der Waals surface area contributed by atoms with Crippen molar-refractivity contribution in [1.29, 1.82) is 0 Å². The summed E-state index contributed by atoms with van der Waals surface area (Å²) in [6, 6.07) is 20.2. The molecule has 0 heterocycles. The highest BCUT2D eigenvalue weighted by Crippen LogP contribution is 2.30. The van der Waals surface area contributed by atoms with Gasteiger partial charge in [0, 0.05) is 5.56 Å². The normalized spacial score (nSPS) is 14.7. The predicted octanol–water partition coefficient (Wildman–Crippen LogP) is 5.59.